The third kappa shape index (κ3) is 1.98. The topological polar surface area (TPSA) is 92.1 Å². The minimum Gasteiger partial charge on any atom is -0.328 e. The maximum atomic E-state index is 12.2. The minimum atomic E-state index is -3.39. The molecule has 3 N–H and O–H groups in total. The van der Waals surface area contributed by atoms with Gasteiger partial charge >= 0.3 is 0 Å². The van der Waals surface area contributed by atoms with Crippen molar-refractivity contribution in [2.75, 3.05) is 13.1 Å². The molecular formula is C9H16N4O2S. The van der Waals surface area contributed by atoms with Gasteiger partial charge in [0.15, 0.2) is 0 Å². The standard InChI is InChI=1S/C9H16N4O2S/c1-7-9(6-11-12-7)16(14,15)13-4-2-8(10)3-5-13/h6,8H,2-5,10H2,1H3,(H,11,12). The second-order valence-electron chi connectivity index (χ2n) is 4.10. The molecule has 2 heterocycles. The van der Waals surface area contributed by atoms with E-state index in [0.29, 0.717) is 18.8 Å². The van der Waals surface area contributed by atoms with Crippen molar-refractivity contribution in [1.29, 1.82) is 0 Å². The Bertz CT molecular complexity index is 460. The Morgan fingerprint density at radius 2 is 2.12 bits per heavy atom. The number of nitrogens with zero attached hydrogens (tertiary/aromatic N) is 2. The number of aryl methyl sites for hydroxylation is 1. The van der Waals surface area contributed by atoms with Crippen LogP contribution >= 0.6 is 0 Å². The minimum absolute atomic E-state index is 0.122. The van der Waals surface area contributed by atoms with Crippen LogP contribution in [0, 0.1) is 6.92 Å². The third-order valence-electron chi connectivity index (χ3n) is 2.90. The molecule has 1 aliphatic rings. The molecule has 90 valence electrons. The van der Waals surface area contributed by atoms with Gasteiger partial charge in [0.2, 0.25) is 10.0 Å². The predicted molar refractivity (Wildman–Crippen MR) is 59.3 cm³/mol. The molecule has 1 aromatic heterocycles. The zero-order valence-corrected chi connectivity index (χ0v) is 10.00. The van der Waals surface area contributed by atoms with E-state index < -0.39 is 10.0 Å². The fourth-order valence-corrected chi connectivity index (χ4v) is 3.44. The van der Waals surface area contributed by atoms with Crippen LogP contribution in [0.3, 0.4) is 0 Å². The molecule has 6 nitrogen and oxygen atoms in total. The molecule has 0 amide bonds. The largest absolute Gasteiger partial charge is 0.328 e. The molecule has 0 radical (unpaired) electrons. The smallest absolute Gasteiger partial charge is 0.246 e. The van der Waals surface area contributed by atoms with Crippen molar-refractivity contribution >= 4 is 10.0 Å². The maximum Gasteiger partial charge on any atom is 0.246 e. The van der Waals surface area contributed by atoms with Gasteiger partial charge in [0.05, 0.1) is 11.9 Å². The van der Waals surface area contributed by atoms with Crippen molar-refractivity contribution in [3.63, 3.8) is 0 Å². The molecule has 1 aliphatic heterocycles. The Morgan fingerprint density at radius 3 is 2.62 bits per heavy atom. The highest BCUT2D eigenvalue weighted by Crippen LogP contribution is 2.21. The van der Waals surface area contributed by atoms with E-state index in [4.69, 9.17) is 5.73 Å². The highest BCUT2D eigenvalue weighted by molar-refractivity contribution is 7.89. The van der Waals surface area contributed by atoms with E-state index >= 15 is 0 Å². The van der Waals surface area contributed by atoms with E-state index in [1.807, 2.05) is 0 Å². The van der Waals surface area contributed by atoms with Gasteiger partial charge in [0.25, 0.3) is 0 Å². The van der Waals surface area contributed by atoms with Gasteiger partial charge in [-0.2, -0.15) is 9.40 Å². The van der Waals surface area contributed by atoms with E-state index in [0.717, 1.165) is 12.8 Å². The Morgan fingerprint density at radius 1 is 1.50 bits per heavy atom. The van der Waals surface area contributed by atoms with Gasteiger partial charge in [0.1, 0.15) is 4.90 Å². The van der Waals surface area contributed by atoms with Gasteiger partial charge in [-0.3, -0.25) is 5.10 Å². The number of hydrogen-bond acceptors (Lipinski definition) is 4. The van der Waals surface area contributed by atoms with E-state index in [1.165, 1.54) is 10.5 Å². The summed E-state index contributed by atoms with van der Waals surface area (Å²) in [6, 6.07) is 0.122. The summed E-state index contributed by atoms with van der Waals surface area (Å²) in [6.45, 7) is 2.69. The SMILES string of the molecule is Cc1[nH]ncc1S(=O)(=O)N1CCC(N)CC1. The van der Waals surface area contributed by atoms with Gasteiger partial charge in [-0.15, -0.1) is 0 Å². The summed E-state index contributed by atoms with van der Waals surface area (Å²) in [5.74, 6) is 0. The lowest BCUT2D eigenvalue weighted by molar-refractivity contribution is 0.320. The molecule has 1 fully saturated rings. The number of aromatic amines is 1. The molecule has 0 saturated carbocycles. The highest BCUT2D eigenvalue weighted by Gasteiger charge is 2.30. The van der Waals surface area contributed by atoms with E-state index in [1.54, 1.807) is 6.92 Å². The number of rotatable bonds is 2. The number of piperidine rings is 1. The zero-order chi connectivity index (χ0) is 11.8. The van der Waals surface area contributed by atoms with Gasteiger partial charge < -0.3 is 5.73 Å². The van der Waals surface area contributed by atoms with Crippen LogP contribution in [0.1, 0.15) is 18.5 Å². The van der Waals surface area contributed by atoms with Crippen LogP contribution in [0.15, 0.2) is 11.1 Å². The Kier molecular flexibility index (Phi) is 3.00. The second kappa shape index (κ2) is 4.15. The quantitative estimate of drug-likeness (QED) is 0.755. The summed E-state index contributed by atoms with van der Waals surface area (Å²) >= 11 is 0. The molecule has 0 atom stereocenters. The molecule has 2 rings (SSSR count). The second-order valence-corrected chi connectivity index (χ2v) is 6.01. The summed E-state index contributed by atoms with van der Waals surface area (Å²) in [4.78, 5) is 0.267. The number of nitrogens with two attached hydrogens (primary N) is 1. The van der Waals surface area contributed by atoms with E-state index in [9.17, 15) is 8.42 Å². The first-order valence-corrected chi connectivity index (χ1v) is 6.71. The first-order valence-electron chi connectivity index (χ1n) is 5.27. The van der Waals surface area contributed by atoms with Crippen molar-refractivity contribution < 1.29 is 8.42 Å². The molecular weight excluding hydrogens is 228 g/mol. The van der Waals surface area contributed by atoms with Crippen molar-refractivity contribution in [1.82, 2.24) is 14.5 Å². The average molecular weight is 244 g/mol. The number of aromatic nitrogens is 2. The Balaban J connectivity index is 2.23. The lowest BCUT2D eigenvalue weighted by Gasteiger charge is -2.28. The number of sulfonamides is 1. The van der Waals surface area contributed by atoms with Crippen molar-refractivity contribution in [3.05, 3.63) is 11.9 Å². The zero-order valence-electron chi connectivity index (χ0n) is 9.18. The molecule has 1 saturated heterocycles. The summed E-state index contributed by atoms with van der Waals surface area (Å²) in [5, 5.41) is 6.38. The van der Waals surface area contributed by atoms with Crippen LogP contribution < -0.4 is 5.73 Å². The van der Waals surface area contributed by atoms with Crippen molar-refractivity contribution in [2.24, 2.45) is 5.73 Å². The lowest BCUT2D eigenvalue weighted by Crippen LogP contribution is -2.42. The molecule has 7 heteroatoms. The molecule has 0 aromatic carbocycles. The number of H-pyrrole nitrogens is 1. The van der Waals surface area contributed by atoms with Crippen LogP contribution in [-0.2, 0) is 10.0 Å². The van der Waals surface area contributed by atoms with E-state index in [-0.39, 0.29) is 10.9 Å². The molecule has 0 spiro atoms. The van der Waals surface area contributed by atoms with Gasteiger partial charge in [-0.05, 0) is 19.8 Å². The van der Waals surface area contributed by atoms with Crippen molar-refractivity contribution in [3.8, 4) is 0 Å². The number of nitrogens with one attached hydrogen (secondary N) is 1. The Labute approximate surface area is 94.9 Å². The number of hydrogen-bond donors (Lipinski definition) is 2. The first kappa shape index (κ1) is 11.6. The van der Waals surface area contributed by atoms with Gasteiger partial charge in [0, 0.05) is 19.1 Å². The van der Waals surface area contributed by atoms with Crippen LogP contribution in [-0.4, -0.2) is 42.1 Å². The molecule has 0 unspecified atom stereocenters. The highest BCUT2D eigenvalue weighted by atomic mass is 32.2. The first-order chi connectivity index (χ1) is 7.51. The summed E-state index contributed by atoms with van der Waals surface area (Å²) in [7, 11) is -3.39. The van der Waals surface area contributed by atoms with Crippen LogP contribution in [0.5, 0.6) is 0 Å². The Hall–Kier alpha value is -0.920. The average Bonchev–Trinajstić information content (AvgIpc) is 2.66. The van der Waals surface area contributed by atoms with Crippen LogP contribution in [0.25, 0.3) is 0 Å². The fraction of sp³-hybridized carbons (Fsp3) is 0.667. The fourth-order valence-electron chi connectivity index (χ4n) is 1.85. The molecule has 1 aromatic rings. The molecule has 0 bridgehead atoms. The van der Waals surface area contributed by atoms with Gasteiger partial charge in [-0.25, -0.2) is 8.42 Å². The third-order valence-corrected chi connectivity index (χ3v) is 4.91. The van der Waals surface area contributed by atoms with Crippen LogP contribution in [0.2, 0.25) is 0 Å². The monoisotopic (exact) mass is 244 g/mol. The summed E-state index contributed by atoms with van der Waals surface area (Å²) in [5.41, 5.74) is 6.33. The summed E-state index contributed by atoms with van der Waals surface area (Å²) < 4.78 is 25.9. The van der Waals surface area contributed by atoms with Crippen molar-refractivity contribution in [2.45, 2.75) is 30.7 Å². The normalized spacial score (nSPS) is 20.1. The van der Waals surface area contributed by atoms with Crippen LogP contribution in [0.4, 0.5) is 0 Å². The summed E-state index contributed by atoms with van der Waals surface area (Å²) in [6.07, 6.45) is 2.80. The van der Waals surface area contributed by atoms with Gasteiger partial charge in [-0.1, -0.05) is 0 Å². The maximum absolute atomic E-state index is 12.2. The predicted octanol–water partition coefficient (Wildman–Crippen LogP) is -0.170. The van der Waals surface area contributed by atoms with E-state index in [2.05, 4.69) is 10.2 Å². The molecule has 16 heavy (non-hydrogen) atoms. The lowest BCUT2D eigenvalue weighted by atomic mass is 10.1. The molecule has 0 aliphatic carbocycles.